The predicted octanol–water partition coefficient (Wildman–Crippen LogP) is 7.40. The molecular weight excluding hydrogens is 588 g/mol. The molecule has 8 nitrogen and oxygen atoms in total. The molecule has 0 saturated carbocycles. The summed E-state index contributed by atoms with van der Waals surface area (Å²) in [7, 11) is 1.52. The van der Waals surface area contributed by atoms with Crippen molar-refractivity contribution in [1.29, 1.82) is 0 Å². The quantitative estimate of drug-likeness (QED) is 0.0998. The first-order valence-electron chi connectivity index (χ1n) is 14.4. The van der Waals surface area contributed by atoms with Crippen LogP contribution in [0.3, 0.4) is 0 Å². The first-order chi connectivity index (χ1) is 21.8. The third-order valence-electron chi connectivity index (χ3n) is 8.05. The third-order valence-corrected chi connectivity index (χ3v) is 9.05. The molecule has 1 fully saturated rings. The predicted molar refractivity (Wildman–Crippen MR) is 172 cm³/mol. The van der Waals surface area contributed by atoms with Crippen LogP contribution in [-0.4, -0.2) is 29.6 Å². The summed E-state index contributed by atoms with van der Waals surface area (Å²) in [6.45, 7) is 4.27. The van der Waals surface area contributed by atoms with E-state index in [1.807, 2.05) is 68.4 Å². The number of hydrogen-bond donors (Lipinski definition) is 0. The first kappa shape index (κ1) is 28.5. The van der Waals surface area contributed by atoms with Gasteiger partial charge in [-0.1, -0.05) is 72.0 Å². The van der Waals surface area contributed by atoms with Gasteiger partial charge >= 0.3 is 0 Å². The van der Waals surface area contributed by atoms with Gasteiger partial charge in [0.25, 0.3) is 5.91 Å². The van der Waals surface area contributed by atoms with Gasteiger partial charge in [-0.15, -0.1) is 0 Å². The number of carbonyl (C=O) groups excluding carboxylic acids is 3. The molecule has 1 aliphatic rings. The van der Waals surface area contributed by atoms with Crippen molar-refractivity contribution in [3.8, 4) is 11.5 Å². The van der Waals surface area contributed by atoms with Crippen LogP contribution < -0.4 is 14.4 Å². The van der Waals surface area contributed by atoms with Crippen molar-refractivity contribution in [3.63, 3.8) is 0 Å². The number of benzene rings is 4. The van der Waals surface area contributed by atoms with Crippen molar-refractivity contribution in [2.75, 3.05) is 12.0 Å². The van der Waals surface area contributed by atoms with Crippen molar-refractivity contribution in [2.24, 2.45) is 5.92 Å². The normalized spacial score (nSPS) is 16.6. The highest BCUT2D eigenvalue weighted by Crippen LogP contribution is 2.46. The van der Waals surface area contributed by atoms with E-state index in [1.54, 1.807) is 36.4 Å². The molecule has 224 valence electrons. The molecule has 1 aliphatic heterocycles. The number of fused-ring (bicyclic) bond motifs is 2. The Morgan fingerprint density at radius 1 is 0.933 bits per heavy atom. The fourth-order valence-corrected chi connectivity index (χ4v) is 7.10. The van der Waals surface area contributed by atoms with Crippen LogP contribution in [0.5, 0.6) is 11.5 Å². The second-order valence-corrected chi connectivity index (χ2v) is 12.1. The fourth-order valence-electron chi connectivity index (χ4n) is 5.92. The number of anilines is 1. The monoisotopic (exact) mass is 616 g/mol. The maximum atomic E-state index is 14.1. The lowest BCUT2D eigenvalue weighted by Gasteiger charge is -2.25. The van der Waals surface area contributed by atoms with Gasteiger partial charge in [0.1, 0.15) is 18.1 Å². The molecule has 0 aliphatic carbocycles. The lowest BCUT2D eigenvalue weighted by Crippen LogP contribution is -2.30. The van der Waals surface area contributed by atoms with Crippen LogP contribution in [0.25, 0.3) is 21.2 Å². The summed E-state index contributed by atoms with van der Waals surface area (Å²) in [5.41, 5.74) is 4.79. The molecule has 1 amide bonds. The number of ether oxygens (including phenoxy) is 2. The van der Waals surface area contributed by atoms with Crippen molar-refractivity contribution < 1.29 is 28.3 Å². The number of thiazole rings is 1. The second kappa shape index (κ2) is 11.3. The van der Waals surface area contributed by atoms with Gasteiger partial charge in [0.2, 0.25) is 11.6 Å². The Morgan fingerprint density at radius 2 is 1.71 bits per heavy atom. The number of furan rings is 1. The largest absolute Gasteiger partial charge is 0.493 e. The molecule has 0 radical (unpaired) electrons. The average molecular weight is 617 g/mol. The number of aromatic nitrogens is 1. The second-order valence-electron chi connectivity index (χ2n) is 11.1. The lowest BCUT2D eigenvalue weighted by atomic mass is 9.88. The number of methoxy groups -OCH3 is 1. The van der Waals surface area contributed by atoms with Gasteiger partial charge in [-0.2, -0.15) is 0 Å². The van der Waals surface area contributed by atoms with Crippen molar-refractivity contribution in [1.82, 2.24) is 4.98 Å². The average Bonchev–Trinajstić information content (AvgIpc) is 3.74. The maximum Gasteiger partial charge on any atom is 0.297 e. The molecule has 0 N–H and O–H groups in total. The molecule has 0 spiro atoms. The highest BCUT2D eigenvalue weighted by molar-refractivity contribution is 7.22. The van der Waals surface area contributed by atoms with E-state index in [0.29, 0.717) is 34.4 Å². The Hall–Kier alpha value is -5.28. The van der Waals surface area contributed by atoms with Gasteiger partial charge in [-0.3, -0.25) is 19.3 Å². The van der Waals surface area contributed by atoms with Crippen LogP contribution in [0, 0.1) is 19.8 Å². The van der Waals surface area contributed by atoms with E-state index in [0.717, 1.165) is 32.3 Å². The Labute approximate surface area is 262 Å². The molecule has 2 unspecified atom stereocenters. The molecule has 1 saturated heterocycles. The summed E-state index contributed by atoms with van der Waals surface area (Å²) >= 11 is 1.31. The minimum atomic E-state index is -1.37. The van der Waals surface area contributed by atoms with E-state index in [2.05, 4.69) is 0 Å². The number of hydrogen-bond acceptors (Lipinski definition) is 8. The summed E-state index contributed by atoms with van der Waals surface area (Å²) in [6.07, 6.45) is 0. The zero-order valence-corrected chi connectivity index (χ0v) is 25.6. The van der Waals surface area contributed by atoms with Gasteiger partial charge < -0.3 is 13.9 Å². The zero-order valence-electron chi connectivity index (χ0n) is 24.8. The standard InChI is InChI=1S/C36H28N2O6S/c1-20-15-21(2)31-29(16-20)45-36(37-31)38-32(24-13-14-26(27(18-24)42-3)43-19-22-9-5-4-6-10-22)30(34(40)35(38)41)33(39)28-17-23-11-7-8-12-25(23)44-28/h4-18,30,32H,19H2,1-3H3. The lowest BCUT2D eigenvalue weighted by molar-refractivity contribution is -0.135. The van der Waals surface area contributed by atoms with E-state index in [4.69, 9.17) is 18.9 Å². The van der Waals surface area contributed by atoms with E-state index < -0.39 is 29.4 Å². The highest BCUT2D eigenvalue weighted by atomic mass is 32.1. The van der Waals surface area contributed by atoms with E-state index in [9.17, 15) is 14.4 Å². The number of ketones is 2. The van der Waals surface area contributed by atoms with Crippen LogP contribution in [0.15, 0.2) is 95.4 Å². The Kier molecular flexibility index (Phi) is 7.17. The molecule has 2 aromatic heterocycles. The molecule has 7 rings (SSSR count). The minimum absolute atomic E-state index is 0.0137. The summed E-state index contributed by atoms with van der Waals surface area (Å²) in [6, 6.07) is 26.8. The van der Waals surface area contributed by atoms with Crippen LogP contribution in [0.1, 0.15) is 38.9 Å². The molecule has 2 atom stereocenters. The SMILES string of the molecule is COc1cc(C2C(C(=O)c3cc4ccccc4o3)C(=O)C(=O)N2c2nc3c(C)cc(C)cc3s2)ccc1OCc1ccccc1. The number of para-hydroxylation sites is 1. The molecule has 45 heavy (non-hydrogen) atoms. The number of nitrogens with zero attached hydrogens (tertiary/aromatic N) is 2. The number of carbonyl (C=O) groups is 3. The third kappa shape index (κ3) is 5.05. The first-order valence-corrected chi connectivity index (χ1v) is 15.3. The van der Waals surface area contributed by atoms with Crippen molar-refractivity contribution in [2.45, 2.75) is 26.5 Å². The van der Waals surface area contributed by atoms with Gasteiger partial charge in [0, 0.05) is 5.39 Å². The number of aryl methyl sites for hydroxylation is 2. The fraction of sp³-hybridized carbons (Fsp3) is 0.167. The minimum Gasteiger partial charge on any atom is -0.493 e. The van der Waals surface area contributed by atoms with Crippen LogP contribution >= 0.6 is 11.3 Å². The molecular formula is C36H28N2O6S. The summed E-state index contributed by atoms with van der Waals surface area (Å²) in [5.74, 6) is -2.66. The van der Waals surface area contributed by atoms with E-state index in [-0.39, 0.29) is 5.76 Å². The number of amides is 1. The van der Waals surface area contributed by atoms with Crippen molar-refractivity contribution in [3.05, 3.63) is 119 Å². The molecule has 6 aromatic rings. The van der Waals surface area contributed by atoms with Crippen LogP contribution in [0.4, 0.5) is 5.13 Å². The van der Waals surface area contributed by atoms with Crippen LogP contribution in [0.2, 0.25) is 0 Å². The summed E-state index contributed by atoms with van der Waals surface area (Å²) in [5, 5.41) is 1.06. The smallest absolute Gasteiger partial charge is 0.297 e. The Morgan fingerprint density at radius 3 is 2.49 bits per heavy atom. The summed E-state index contributed by atoms with van der Waals surface area (Å²) in [4.78, 5) is 47.9. The summed E-state index contributed by atoms with van der Waals surface area (Å²) < 4.78 is 18.5. The van der Waals surface area contributed by atoms with Crippen LogP contribution in [-0.2, 0) is 16.2 Å². The molecule has 9 heteroatoms. The maximum absolute atomic E-state index is 14.1. The van der Waals surface area contributed by atoms with Gasteiger partial charge in [0.15, 0.2) is 22.4 Å². The highest BCUT2D eigenvalue weighted by Gasteiger charge is 2.54. The number of rotatable bonds is 8. The van der Waals surface area contributed by atoms with Gasteiger partial charge in [-0.25, -0.2) is 4.98 Å². The topological polar surface area (TPSA) is 98.9 Å². The molecule has 4 aromatic carbocycles. The van der Waals surface area contributed by atoms with E-state index in [1.165, 1.54) is 23.3 Å². The Bertz CT molecular complexity index is 2080. The zero-order chi connectivity index (χ0) is 31.2. The number of Topliss-reactive ketones (excluding diaryl/α,β-unsaturated/α-hetero) is 2. The van der Waals surface area contributed by atoms with Gasteiger partial charge in [-0.05, 0) is 66.4 Å². The van der Waals surface area contributed by atoms with E-state index >= 15 is 0 Å². The van der Waals surface area contributed by atoms with Crippen molar-refractivity contribution >= 4 is 55.1 Å². The molecule has 0 bridgehead atoms. The Balaban J connectivity index is 1.33. The van der Waals surface area contributed by atoms with Gasteiger partial charge in [0.05, 0.1) is 23.4 Å². The molecule has 3 heterocycles.